The SMILES string of the molecule is CC(C)=CCCC(C)=CCCC(C)=CCCC(C)CC(=O)N1CCNCC1. The molecule has 0 spiro atoms. The van der Waals surface area contributed by atoms with Crippen LogP contribution in [0, 0.1) is 5.92 Å². The normalized spacial score (nSPS) is 17.0. The molecule has 0 bridgehead atoms. The lowest BCUT2D eigenvalue weighted by atomic mass is 9.99. The average Bonchev–Trinajstić information content (AvgIpc) is 2.62. The van der Waals surface area contributed by atoms with Gasteiger partial charge < -0.3 is 10.2 Å². The third-order valence-electron chi connectivity index (χ3n) is 5.27. The van der Waals surface area contributed by atoms with Crippen molar-refractivity contribution in [2.75, 3.05) is 26.2 Å². The Balaban J connectivity index is 2.19. The summed E-state index contributed by atoms with van der Waals surface area (Å²) in [5, 5.41) is 3.30. The van der Waals surface area contributed by atoms with E-state index in [0.29, 0.717) is 18.2 Å². The summed E-state index contributed by atoms with van der Waals surface area (Å²) < 4.78 is 0. The fourth-order valence-electron chi connectivity index (χ4n) is 3.40. The van der Waals surface area contributed by atoms with Gasteiger partial charge in [-0.2, -0.15) is 0 Å². The zero-order chi connectivity index (χ0) is 20.1. The minimum absolute atomic E-state index is 0.332. The van der Waals surface area contributed by atoms with E-state index in [9.17, 15) is 4.79 Å². The number of piperazine rings is 1. The molecule has 0 saturated carbocycles. The first-order valence-corrected chi connectivity index (χ1v) is 10.8. The van der Waals surface area contributed by atoms with Gasteiger partial charge >= 0.3 is 0 Å². The molecule has 0 radical (unpaired) electrons. The van der Waals surface area contributed by atoms with Crippen molar-refractivity contribution in [1.29, 1.82) is 0 Å². The van der Waals surface area contributed by atoms with Crippen LogP contribution in [0.3, 0.4) is 0 Å². The van der Waals surface area contributed by atoms with Crippen molar-refractivity contribution >= 4 is 5.91 Å². The van der Waals surface area contributed by atoms with Crippen molar-refractivity contribution < 1.29 is 4.79 Å². The lowest BCUT2D eigenvalue weighted by Gasteiger charge is -2.28. The molecule has 0 aliphatic carbocycles. The molecule has 27 heavy (non-hydrogen) atoms. The Hall–Kier alpha value is -1.35. The molecule has 1 aliphatic rings. The van der Waals surface area contributed by atoms with Crippen molar-refractivity contribution in [2.24, 2.45) is 5.92 Å². The van der Waals surface area contributed by atoms with Gasteiger partial charge in [-0.15, -0.1) is 0 Å². The van der Waals surface area contributed by atoms with Gasteiger partial charge in [0.05, 0.1) is 0 Å². The van der Waals surface area contributed by atoms with Gasteiger partial charge in [0.15, 0.2) is 0 Å². The van der Waals surface area contributed by atoms with Gasteiger partial charge in [-0.25, -0.2) is 0 Å². The summed E-state index contributed by atoms with van der Waals surface area (Å²) in [5.41, 5.74) is 4.38. The summed E-state index contributed by atoms with van der Waals surface area (Å²) in [6.07, 6.45) is 14.6. The highest BCUT2D eigenvalue weighted by Crippen LogP contribution is 2.16. The van der Waals surface area contributed by atoms with Crippen molar-refractivity contribution in [3.8, 4) is 0 Å². The Labute approximate surface area is 168 Å². The maximum Gasteiger partial charge on any atom is 0.222 e. The first kappa shape index (κ1) is 23.7. The Bertz CT molecular complexity index is 520. The Morgan fingerprint density at radius 1 is 0.926 bits per heavy atom. The molecule has 0 aromatic heterocycles. The second-order valence-corrected chi connectivity index (χ2v) is 8.48. The number of allylic oxidation sites excluding steroid dienone is 6. The number of carbonyl (C=O) groups excluding carboxylic acids is 1. The monoisotopic (exact) mass is 374 g/mol. The van der Waals surface area contributed by atoms with Crippen LogP contribution in [0.4, 0.5) is 0 Å². The Morgan fingerprint density at radius 2 is 1.48 bits per heavy atom. The van der Waals surface area contributed by atoms with E-state index in [1.54, 1.807) is 0 Å². The molecule has 1 atom stereocenters. The van der Waals surface area contributed by atoms with E-state index >= 15 is 0 Å². The zero-order valence-electron chi connectivity index (χ0n) is 18.4. The van der Waals surface area contributed by atoms with Crippen LogP contribution in [0.2, 0.25) is 0 Å². The molecular formula is C24H42N2O. The van der Waals surface area contributed by atoms with Crippen LogP contribution in [0.5, 0.6) is 0 Å². The fourth-order valence-corrected chi connectivity index (χ4v) is 3.40. The van der Waals surface area contributed by atoms with Crippen LogP contribution < -0.4 is 5.32 Å². The maximum absolute atomic E-state index is 12.3. The molecule has 0 aromatic carbocycles. The van der Waals surface area contributed by atoms with Crippen LogP contribution in [0.15, 0.2) is 34.9 Å². The first-order valence-electron chi connectivity index (χ1n) is 10.8. The maximum atomic E-state index is 12.3. The first-order chi connectivity index (χ1) is 12.9. The lowest BCUT2D eigenvalue weighted by molar-refractivity contribution is -0.132. The molecule has 154 valence electrons. The number of nitrogens with zero attached hydrogens (tertiary/aromatic N) is 1. The van der Waals surface area contributed by atoms with Crippen LogP contribution in [-0.2, 0) is 4.79 Å². The number of rotatable bonds is 11. The Kier molecular flexibility index (Phi) is 12.1. The van der Waals surface area contributed by atoms with Crippen LogP contribution in [-0.4, -0.2) is 37.0 Å². The van der Waals surface area contributed by atoms with E-state index in [0.717, 1.165) is 58.3 Å². The summed E-state index contributed by atoms with van der Waals surface area (Å²) in [7, 11) is 0. The fraction of sp³-hybridized carbons (Fsp3) is 0.708. The number of nitrogens with one attached hydrogen (secondary N) is 1. The largest absolute Gasteiger partial charge is 0.340 e. The molecule has 1 heterocycles. The van der Waals surface area contributed by atoms with Gasteiger partial charge in [0.1, 0.15) is 0 Å². The summed E-state index contributed by atoms with van der Waals surface area (Å²) in [6.45, 7) is 14.6. The average molecular weight is 375 g/mol. The van der Waals surface area contributed by atoms with E-state index in [2.05, 4.69) is 58.2 Å². The highest BCUT2D eigenvalue weighted by molar-refractivity contribution is 5.76. The Morgan fingerprint density at radius 3 is 2.07 bits per heavy atom. The molecule has 1 fully saturated rings. The summed E-state index contributed by atoms with van der Waals surface area (Å²) in [6, 6.07) is 0. The standard InChI is InChI=1S/C24H42N2O/c1-20(2)9-6-10-21(3)11-7-12-22(4)13-8-14-23(5)19-24(27)26-17-15-25-16-18-26/h9,11,13,23,25H,6-8,10,12,14-19H2,1-5H3. The van der Waals surface area contributed by atoms with Crippen LogP contribution in [0.25, 0.3) is 0 Å². The second kappa shape index (κ2) is 13.8. The minimum Gasteiger partial charge on any atom is -0.340 e. The minimum atomic E-state index is 0.332. The molecule has 3 heteroatoms. The smallest absolute Gasteiger partial charge is 0.222 e. The number of amides is 1. The number of hydrogen-bond acceptors (Lipinski definition) is 2. The van der Waals surface area contributed by atoms with Crippen molar-refractivity contribution in [2.45, 2.75) is 79.6 Å². The van der Waals surface area contributed by atoms with Crippen LogP contribution >= 0.6 is 0 Å². The van der Waals surface area contributed by atoms with Gasteiger partial charge in [-0.1, -0.05) is 41.9 Å². The van der Waals surface area contributed by atoms with E-state index in [1.807, 2.05) is 4.90 Å². The molecule has 3 nitrogen and oxygen atoms in total. The van der Waals surface area contributed by atoms with Gasteiger partial charge in [0.25, 0.3) is 0 Å². The third kappa shape index (κ3) is 11.9. The highest BCUT2D eigenvalue weighted by atomic mass is 16.2. The second-order valence-electron chi connectivity index (χ2n) is 8.48. The molecule has 1 N–H and O–H groups in total. The molecule has 1 saturated heterocycles. The topological polar surface area (TPSA) is 32.3 Å². The van der Waals surface area contributed by atoms with Gasteiger partial charge in [-0.05, 0) is 72.1 Å². The molecule has 1 unspecified atom stereocenters. The predicted molar refractivity (Wildman–Crippen MR) is 118 cm³/mol. The summed E-state index contributed by atoms with van der Waals surface area (Å²) >= 11 is 0. The highest BCUT2D eigenvalue weighted by Gasteiger charge is 2.18. The van der Waals surface area contributed by atoms with Gasteiger partial charge in [-0.3, -0.25) is 4.79 Å². The van der Waals surface area contributed by atoms with Crippen molar-refractivity contribution in [3.05, 3.63) is 34.9 Å². The van der Waals surface area contributed by atoms with E-state index < -0.39 is 0 Å². The van der Waals surface area contributed by atoms with Crippen LogP contribution in [0.1, 0.15) is 79.6 Å². The zero-order valence-corrected chi connectivity index (χ0v) is 18.4. The summed E-state index contributed by atoms with van der Waals surface area (Å²) in [4.78, 5) is 14.3. The van der Waals surface area contributed by atoms with E-state index in [4.69, 9.17) is 0 Å². The quantitative estimate of drug-likeness (QED) is 0.474. The van der Waals surface area contributed by atoms with Gasteiger partial charge in [0, 0.05) is 32.6 Å². The van der Waals surface area contributed by atoms with E-state index in [-0.39, 0.29) is 0 Å². The molecule has 1 rings (SSSR count). The van der Waals surface area contributed by atoms with E-state index in [1.165, 1.54) is 23.1 Å². The predicted octanol–water partition coefficient (Wildman–Crippen LogP) is 5.64. The molecule has 1 amide bonds. The molecular weight excluding hydrogens is 332 g/mol. The molecule has 1 aliphatic heterocycles. The van der Waals surface area contributed by atoms with Gasteiger partial charge in [0.2, 0.25) is 5.91 Å². The number of hydrogen-bond donors (Lipinski definition) is 1. The third-order valence-corrected chi connectivity index (χ3v) is 5.27. The van der Waals surface area contributed by atoms with Crippen molar-refractivity contribution in [1.82, 2.24) is 10.2 Å². The van der Waals surface area contributed by atoms with Crippen molar-refractivity contribution in [3.63, 3.8) is 0 Å². The number of carbonyl (C=O) groups is 1. The molecule has 0 aromatic rings. The summed E-state index contributed by atoms with van der Waals surface area (Å²) in [5.74, 6) is 0.798. The lowest BCUT2D eigenvalue weighted by Crippen LogP contribution is -2.46.